The quantitative estimate of drug-likeness (QED) is 0.248. The molecule has 1 N–H and O–H groups in total. The van der Waals surface area contributed by atoms with Crippen molar-refractivity contribution < 1.29 is 14.3 Å². The number of esters is 1. The van der Waals surface area contributed by atoms with Crippen LogP contribution in [-0.2, 0) is 4.74 Å². The third-order valence-corrected chi connectivity index (χ3v) is 7.65. The highest BCUT2D eigenvalue weighted by molar-refractivity contribution is 5.92. The van der Waals surface area contributed by atoms with Crippen LogP contribution < -0.4 is 15.0 Å². The van der Waals surface area contributed by atoms with Gasteiger partial charge in [-0.25, -0.2) is 4.79 Å². The second kappa shape index (κ2) is 10.3. The summed E-state index contributed by atoms with van der Waals surface area (Å²) in [5, 5.41) is 3.57. The zero-order chi connectivity index (χ0) is 26.1. The fourth-order valence-corrected chi connectivity index (χ4v) is 5.69. The van der Waals surface area contributed by atoms with Crippen molar-refractivity contribution in [2.24, 2.45) is 0 Å². The molecule has 0 radical (unpaired) electrons. The largest absolute Gasteiger partial charge is 0.465 e. The molecule has 0 aromatic heterocycles. The molecule has 2 heterocycles. The number of hydrogen-bond acceptors (Lipinski definition) is 5. The van der Waals surface area contributed by atoms with Gasteiger partial charge in [-0.3, -0.25) is 0 Å². The number of hydrogen-bond donors (Lipinski definition) is 1. The fraction of sp³-hybridized carbons (Fsp3) is 0.242. The maximum atomic E-state index is 12.9. The number of carbonyl (C=O) groups excluding carboxylic acids is 1. The maximum absolute atomic E-state index is 12.9. The van der Waals surface area contributed by atoms with Gasteiger partial charge in [0.15, 0.2) is 0 Å². The number of piperidine rings is 1. The fourth-order valence-electron chi connectivity index (χ4n) is 5.69. The van der Waals surface area contributed by atoms with Gasteiger partial charge in [-0.2, -0.15) is 0 Å². The average molecular weight is 505 g/mol. The van der Waals surface area contributed by atoms with Gasteiger partial charge in [0.1, 0.15) is 11.5 Å². The van der Waals surface area contributed by atoms with Crippen LogP contribution in [0.3, 0.4) is 0 Å². The van der Waals surface area contributed by atoms with E-state index >= 15 is 0 Å². The van der Waals surface area contributed by atoms with E-state index in [1.54, 1.807) is 0 Å². The van der Waals surface area contributed by atoms with Crippen LogP contribution in [0.5, 0.6) is 11.5 Å². The molecule has 1 fully saturated rings. The first kappa shape index (κ1) is 24.1. The predicted octanol–water partition coefficient (Wildman–Crippen LogP) is 7.80. The van der Waals surface area contributed by atoms with E-state index in [0.717, 1.165) is 58.2 Å². The van der Waals surface area contributed by atoms with Crippen LogP contribution in [0.4, 0.5) is 17.1 Å². The minimum absolute atomic E-state index is 0.184. The summed E-state index contributed by atoms with van der Waals surface area (Å²) in [5.74, 6) is 1.13. The van der Waals surface area contributed by atoms with E-state index in [1.165, 1.54) is 32.1 Å². The summed E-state index contributed by atoms with van der Waals surface area (Å²) in [6.07, 6.45) is 3.72. The molecule has 1 saturated heterocycles. The Labute approximate surface area is 224 Å². The normalized spacial score (nSPS) is 16.2. The van der Waals surface area contributed by atoms with E-state index in [1.807, 2.05) is 42.5 Å². The third-order valence-electron chi connectivity index (χ3n) is 7.65. The molecule has 1 atom stereocenters. The van der Waals surface area contributed by atoms with Crippen molar-refractivity contribution in [3.05, 3.63) is 113 Å². The SMILES string of the molecule is COC(=O)c1ccccc1C1c2ccc(N3CCCCC3)cc2Oc2cc(C)c(Nc3ccccc3)cc21. The van der Waals surface area contributed by atoms with Gasteiger partial charge in [-0.1, -0.05) is 42.5 Å². The monoisotopic (exact) mass is 504 g/mol. The van der Waals surface area contributed by atoms with Gasteiger partial charge >= 0.3 is 5.97 Å². The molecule has 5 heteroatoms. The van der Waals surface area contributed by atoms with E-state index in [4.69, 9.17) is 9.47 Å². The molecule has 1 unspecified atom stereocenters. The zero-order valence-corrected chi connectivity index (χ0v) is 21.9. The molecule has 2 aliphatic heterocycles. The van der Waals surface area contributed by atoms with E-state index in [9.17, 15) is 4.79 Å². The molecule has 4 aromatic rings. The topological polar surface area (TPSA) is 50.8 Å². The number of nitrogens with zero attached hydrogens (tertiary/aromatic N) is 1. The molecule has 0 spiro atoms. The summed E-state index contributed by atoms with van der Waals surface area (Å²) in [7, 11) is 1.43. The van der Waals surface area contributed by atoms with Crippen molar-refractivity contribution in [1.82, 2.24) is 0 Å². The first-order valence-electron chi connectivity index (χ1n) is 13.3. The van der Waals surface area contributed by atoms with Gasteiger partial charge in [0.2, 0.25) is 0 Å². The minimum Gasteiger partial charge on any atom is -0.465 e. The van der Waals surface area contributed by atoms with Crippen LogP contribution in [0, 0.1) is 6.92 Å². The van der Waals surface area contributed by atoms with Crippen molar-refractivity contribution in [3.8, 4) is 11.5 Å². The highest BCUT2D eigenvalue weighted by Crippen LogP contribution is 2.50. The molecule has 6 rings (SSSR count). The Balaban J connectivity index is 1.50. The van der Waals surface area contributed by atoms with Crippen LogP contribution in [0.25, 0.3) is 0 Å². The van der Waals surface area contributed by atoms with Crippen molar-refractivity contribution in [2.75, 3.05) is 30.4 Å². The molecule has 192 valence electrons. The molecule has 0 amide bonds. The number of carbonyl (C=O) groups is 1. The summed E-state index contributed by atoms with van der Waals surface area (Å²) >= 11 is 0. The van der Waals surface area contributed by atoms with Crippen molar-refractivity contribution in [1.29, 1.82) is 0 Å². The highest BCUT2D eigenvalue weighted by Gasteiger charge is 2.33. The van der Waals surface area contributed by atoms with E-state index in [0.29, 0.717) is 5.56 Å². The molecule has 4 aromatic carbocycles. The smallest absolute Gasteiger partial charge is 0.338 e. The summed E-state index contributed by atoms with van der Waals surface area (Å²) in [4.78, 5) is 15.3. The van der Waals surface area contributed by atoms with Gasteiger partial charge in [0.25, 0.3) is 0 Å². The van der Waals surface area contributed by atoms with Crippen LogP contribution in [0.1, 0.15) is 57.8 Å². The van der Waals surface area contributed by atoms with Gasteiger partial charge in [-0.15, -0.1) is 0 Å². The number of ether oxygens (including phenoxy) is 2. The summed E-state index contributed by atoms with van der Waals surface area (Å²) in [5.41, 5.74) is 7.84. The van der Waals surface area contributed by atoms with Gasteiger partial charge in [0.05, 0.1) is 12.7 Å². The lowest BCUT2D eigenvalue weighted by atomic mass is 9.80. The van der Waals surface area contributed by atoms with Crippen molar-refractivity contribution in [2.45, 2.75) is 32.1 Å². The van der Waals surface area contributed by atoms with Crippen molar-refractivity contribution >= 4 is 23.0 Å². The average Bonchev–Trinajstić information content (AvgIpc) is 2.97. The van der Waals surface area contributed by atoms with E-state index in [-0.39, 0.29) is 11.9 Å². The number of nitrogens with one attached hydrogen (secondary N) is 1. The van der Waals surface area contributed by atoms with Crippen LogP contribution in [-0.4, -0.2) is 26.2 Å². The van der Waals surface area contributed by atoms with Crippen LogP contribution in [0.15, 0.2) is 84.9 Å². The third kappa shape index (κ3) is 4.49. The molecule has 0 saturated carbocycles. The Kier molecular flexibility index (Phi) is 6.50. The molecular weight excluding hydrogens is 472 g/mol. The maximum Gasteiger partial charge on any atom is 0.338 e. The number of para-hydroxylation sites is 1. The second-order valence-electron chi connectivity index (χ2n) is 10.1. The number of benzene rings is 4. The lowest BCUT2D eigenvalue weighted by Gasteiger charge is -2.33. The first-order valence-corrected chi connectivity index (χ1v) is 13.3. The molecular formula is C33H32N2O3. The van der Waals surface area contributed by atoms with Gasteiger partial charge < -0.3 is 19.7 Å². The molecule has 38 heavy (non-hydrogen) atoms. The molecule has 5 nitrogen and oxygen atoms in total. The summed E-state index contributed by atoms with van der Waals surface area (Å²) in [6, 6.07) is 28.7. The minimum atomic E-state index is -0.338. The first-order chi connectivity index (χ1) is 18.6. The Morgan fingerprint density at radius 3 is 2.37 bits per heavy atom. The molecule has 0 bridgehead atoms. The van der Waals surface area contributed by atoms with Gasteiger partial charge in [-0.05, 0) is 73.7 Å². The number of fused-ring (bicyclic) bond motifs is 2. The summed E-state index contributed by atoms with van der Waals surface area (Å²) in [6.45, 7) is 4.22. The Morgan fingerprint density at radius 1 is 0.842 bits per heavy atom. The number of anilines is 3. The van der Waals surface area contributed by atoms with Crippen LogP contribution in [0.2, 0.25) is 0 Å². The predicted molar refractivity (Wildman–Crippen MR) is 152 cm³/mol. The standard InChI is InChI=1S/C33H32N2O3/c1-22-19-30-28(21-29(22)34-23-11-5-3-6-12-23)32(25-13-7-8-14-26(25)33(36)37-2)27-16-15-24(20-31(27)38-30)35-17-9-4-10-18-35/h3,5-8,11-16,19-21,32,34H,4,9-10,17-18H2,1-2H3. The Morgan fingerprint density at radius 2 is 1.58 bits per heavy atom. The highest BCUT2D eigenvalue weighted by atomic mass is 16.5. The second-order valence-corrected chi connectivity index (χ2v) is 10.1. The van der Waals surface area contributed by atoms with Crippen molar-refractivity contribution in [3.63, 3.8) is 0 Å². The number of rotatable bonds is 5. The van der Waals surface area contributed by atoms with Gasteiger partial charge in [0, 0.05) is 53.3 Å². The Bertz CT molecular complexity index is 1480. The van der Waals surface area contributed by atoms with Crippen LogP contribution >= 0.6 is 0 Å². The van der Waals surface area contributed by atoms with E-state index in [2.05, 4.69) is 59.6 Å². The lowest BCUT2D eigenvalue weighted by molar-refractivity contribution is 0.0599. The zero-order valence-electron chi connectivity index (χ0n) is 21.9. The molecule has 2 aliphatic rings. The summed E-state index contributed by atoms with van der Waals surface area (Å²) < 4.78 is 11.8. The number of aryl methyl sites for hydroxylation is 1. The molecule has 0 aliphatic carbocycles. The lowest BCUT2D eigenvalue weighted by Crippen LogP contribution is -2.29. The Hall–Kier alpha value is -4.25. The van der Waals surface area contributed by atoms with E-state index < -0.39 is 0 Å². The number of methoxy groups -OCH3 is 1.